The fourth-order valence-corrected chi connectivity index (χ4v) is 3.68. The standard InChI is InChI=1S/C24H23NO9S/c1-14(13-35-17(23(29)33-4)11-18(26)31-2)25-12-16(22(28)32-3)19(24(30)34-5)20(25)21(27)15-9-7-6-8-10-15/h6-13H,1-5H3/b14-13+,17-11+. The Kier molecular flexibility index (Phi) is 9.59. The van der Waals surface area contributed by atoms with E-state index in [2.05, 4.69) is 9.47 Å². The molecule has 0 aliphatic heterocycles. The van der Waals surface area contributed by atoms with Crippen molar-refractivity contribution < 1.29 is 42.9 Å². The molecule has 0 bridgehead atoms. The third-order valence-corrected chi connectivity index (χ3v) is 5.62. The van der Waals surface area contributed by atoms with Gasteiger partial charge in [-0.15, -0.1) is 0 Å². The fourth-order valence-electron chi connectivity index (χ4n) is 2.92. The molecule has 0 atom stereocenters. The molecule has 2 aromatic rings. The maximum absolute atomic E-state index is 13.5. The second-order valence-corrected chi connectivity index (χ2v) is 7.63. The van der Waals surface area contributed by atoms with Crippen LogP contribution in [0.25, 0.3) is 5.70 Å². The molecule has 0 fully saturated rings. The molecule has 0 spiro atoms. The Hall–Kier alpha value is -4.12. The molecule has 11 heteroatoms. The van der Waals surface area contributed by atoms with Gasteiger partial charge in [-0.25, -0.2) is 19.2 Å². The van der Waals surface area contributed by atoms with Crippen LogP contribution in [0.3, 0.4) is 0 Å². The number of esters is 4. The summed E-state index contributed by atoms with van der Waals surface area (Å²) in [4.78, 5) is 62.1. The highest BCUT2D eigenvalue weighted by Gasteiger charge is 2.32. The van der Waals surface area contributed by atoms with Crippen LogP contribution in [0.15, 0.2) is 52.9 Å². The Morgan fingerprint density at radius 2 is 1.49 bits per heavy atom. The van der Waals surface area contributed by atoms with Gasteiger partial charge in [-0.3, -0.25) is 4.79 Å². The zero-order valence-electron chi connectivity index (χ0n) is 19.6. The van der Waals surface area contributed by atoms with Gasteiger partial charge in [0.2, 0.25) is 5.78 Å². The third kappa shape index (κ3) is 6.27. The molecule has 1 aromatic carbocycles. The summed E-state index contributed by atoms with van der Waals surface area (Å²) in [6.45, 7) is 1.57. The molecule has 0 unspecified atom stereocenters. The van der Waals surface area contributed by atoms with Crippen molar-refractivity contribution in [3.63, 3.8) is 0 Å². The van der Waals surface area contributed by atoms with E-state index in [0.717, 1.165) is 46.3 Å². The maximum Gasteiger partial charge on any atom is 0.344 e. The lowest BCUT2D eigenvalue weighted by molar-refractivity contribution is -0.137. The van der Waals surface area contributed by atoms with E-state index in [0.29, 0.717) is 5.70 Å². The molecule has 2 rings (SSSR count). The predicted molar refractivity (Wildman–Crippen MR) is 127 cm³/mol. The lowest BCUT2D eigenvalue weighted by atomic mass is 10.0. The molecule has 0 aliphatic carbocycles. The number of methoxy groups -OCH3 is 4. The van der Waals surface area contributed by atoms with Crippen molar-refractivity contribution in [2.24, 2.45) is 0 Å². The summed E-state index contributed by atoms with van der Waals surface area (Å²) in [5.74, 6) is -3.89. The first-order valence-electron chi connectivity index (χ1n) is 9.93. The number of carbonyl (C=O) groups excluding carboxylic acids is 5. The molecule has 1 heterocycles. The van der Waals surface area contributed by atoms with Crippen molar-refractivity contribution in [1.29, 1.82) is 0 Å². The molecule has 0 amide bonds. The van der Waals surface area contributed by atoms with Gasteiger partial charge >= 0.3 is 23.9 Å². The van der Waals surface area contributed by atoms with Crippen molar-refractivity contribution in [2.75, 3.05) is 28.4 Å². The van der Waals surface area contributed by atoms with E-state index in [4.69, 9.17) is 9.47 Å². The topological polar surface area (TPSA) is 127 Å². The Labute approximate surface area is 205 Å². The van der Waals surface area contributed by atoms with Crippen molar-refractivity contribution in [3.05, 3.63) is 75.3 Å². The summed E-state index contributed by atoms with van der Waals surface area (Å²) < 4.78 is 20.2. The zero-order valence-corrected chi connectivity index (χ0v) is 20.5. The van der Waals surface area contributed by atoms with Gasteiger partial charge < -0.3 is 23.5 Å². The summed E-state index contributed by atoms with van der Waals surface area (Å²) >= 11 is 0.820. The van der Waals surface area contributed by atoms with Gasteiger partial charge in [0, 0.05) is 23.5 Å². The molecule has 1 aromatic heterocycles. The van der Waals surface area contributed by atoms with Crippen molar-refractivity contribution in [1.82, 2.24) is 4.57 Å². The number of hydrogen-bond acceptors (Lipinski definition) is 10. The predicted octanol–water partition coefficient (Wildman–Crippen LogP) is 3.07. The van der Waals surface area contributed by atoms with Crippen LogP contribution in [0.5, 0.6) is 0 Å². The summed E-state index contributed by atoms with van der Waals surface area (Å²) in [6.07, 6.45) is 2.22. The molecular formula is C24H23NO9S. The van der Waals surface area contributed by atoms with Gasteiger partial charge in [-0.2, -0.15) is 0 Å². The summed E-state index contributed by atoms with van der Waals surface area (Å²) in [7, 11) is 4.57. The number of thioether (sulfide) groups is 1. The van der Waals surface area contributed by atoms with Crippen LogP contribution in [0.2, 0.25) is 0 Å². The molecule has 0 saturated carbocycles. The second-order valence-electron chi connectivity index (χ2n) is 6.72. The normalized spacial score (nSPS) is 11.5. The van der Waals surface area contributed by atoms with Gasteiger partial charge in [0.15, 0.2) is 0 Å². The van der Waals surface area contributed by atoms with Crippen molar-refractivity contribution in [3.8, 4) is 0 Å². The average Bonchev–Trinajstić information content (AvgIpc) is 3.30. The van der Waals surface area contributed by atoms with Crippen LogP contribution in [0.4, 0.5) is 0 Å². The van der Waals surface area contributed by atoms with Crippen LogP contribution in [-0.4, -0.2) is 62.7 Å². The Morgan fingerprint density at radius 3 is 2.03 bits per heavy atom. The van der Waals surface area contributed by atoms with Crippen molar-refractivity contribution in [2.45, 2.75) is 6.92 Å². The van der Waals surface area contributed by atoms with Gasteiger partial charge in [0.05, 0.1) is 34.0 Å². The highest BCUT2D eigenvalue weighted by atomic mass is 32.2. The number of aromatic nitrogens is 1. The Morgan fingerprint density at radius 1 is 0.857 bits per heavy atom. The third-order valence-electron chi connectivity index (χ3n) is 4.62. The van der Waals surface area contributed by atoms with Crippen LogP contribution >= 0.6 is 11.8 Å². The molecule has 0 saturated heterocycles. The number of hydrogen-bond donors (Lipinski definition) is 0. The van der Waals surface area contributed by atoms with Crippen LogP contribution in [0.1, 0.15) is 43.7 Å². The summed E-state index contributed by atoms with van der Waals surface area (Å²) in [5, 5.41) is 1.44. The number of benzene rings is 1. The van der Waals surface area contributed by atoms with Crippen molar-refractivity contribution >= 4 is 47.1 Å². The van der Waals surface area contributed by atoms with E-state index >= 15 is 0 Å². The van der Waals surface area contributed by atoms with Gasteiger partial charge in [-0.05, 0) is 12.3 Å². The molecule has 184 valence electrons. The quantitative estimate of drug-likeness (QED) is 0.219. The maximum atomic E-state index is 13.5. The minimum atomic E-state index is -0.912. The van der Waals surface area contributed by atoms with Crippen LogP contribution in [-0.2, 0) is 28.5 Å². The number of carbonyl (C=O) groups is 5. The number of ketones is 1. The fraction of sp³-hybridized carbons (Fsp3) is 0.208. The monoisotopic (exact) mass is 501 g/mol. The molecule has 35 heavy (non-hydrogen) atoms. The largest absolute Gasteiger partial charge is 0.466 e. The van der Waals surface area contributed by atoms with Gasteiger partial charge in [-0.1, -0.05) is 42.1 Å². The molecule has 10 nitrogen and oxygen atoms in total. The van der Waals surface area contributed by atoms with E-state index < -0.39 is 29.7 Å². The number of nitrogens with zero attached hydrogens (tertiary/aromatic N) is 1. The SMILES string of the molecule is COC(=O)/C=C(/S/C=C(\C)n1cc(C(=O)OC)c(C(=O)OC)c1C(=O)c1ccccc1)C(=O)OC. The second kappa shape index (κ2) is 12.4. The number of allylic oxidation sites excluding steroid dienone is 1. The highest BCUT2D eigenvalue weighted by Crippen LogP contribution is 2.29. The first-order valence-corrected chi connectivity index (χ1v) is 10.8. The van der Waals surface area contributed by atoms with E-state index in [1.165, 1.54) is 16.2 Å². The summed E-state index contributed by atoms with van der Waals surface area (Å²) in [5.41, 5.74) is -0.0164. The van der Waals surface area contributed by atoms with E-state index in [9.17, 15) is 24.0 Å². The highest BCUT2D eigenvalue weighted by molar-refractivity contribution is 8.06. The molecule has 0 N–H and O–H groups in total. The Balaban J connectivity index is 2.72. The van der Waals surface area contributed by atoms with E-state index in [1.54, 1.807) is 37.3 Å². The lowest BCUT2D eigenvalue weighted by Crippen LogP contribution is -2.16. The van der Waals surface area contributed by atoms with Crippen LogP contribution in [0, 0.1) is 0 Å². The van der Waals surface area contributed by atoms with Gasteiger partial charge in [0.1, 0.15) is 16.2 Å². The number of rotatable bonds is 9. The van der Waals surface area contributed by atoms with Gasteiger partial charge in [0.25, 0.3) is 0 Å². The first-order chi connectivity index (χ1) is 16.7. The lowest BCUT2D eigenvalue weighted by Gasteiger charge is -2.11. The zero-order chi connectivity index (χ0) is 26.1. The molecule has 0 aliphatic rings. The average molecular weight is 502 g/mol. The van der Waals surface area contributed by atoms with E-state index in [1.807, 2.05) is 0 Å². The number of ether oxygens (including phenoxy) is 4. The molecular weight excluding hydrogens is 478 g/mol. The summed E-state index contributed by atoms with van der Waals surface area (Å²) in [6, 6.07) is 8.14. The van der Waals surface area contributed by atoms with E-state index in [-0.39, 0.29) is 27.3 Å². The molecule has 0 radical (unpaired) electrons. The Bertz CT molecular complexity index is 1210. The smallest absolute Gasteiger partial charge is 0.344 e. The first kappa shape index (κ1) is 27.1. The minimum absolute atomic E-state index is 0.0943. The van der Waals surface area contributed by atoms with Crippen LogP contribution < -0.4 is 0 Å². The minimum Gasteiger partial charge on any atom is -0.466 e.